The zero-order valence-electron chi connectivity index (χ0n) is 67.5. The van der Waals surface area contributed by atoms with E-state index in [4.69, 9.17) is 38.4 Å². The molecule has 0 aliphatic carbocycles. The summed E-state index contributed by atoms with van der Waals surface area (Å²) in [5, 5.41) is 23.8. The van der Waals surface area contributed by atoms with Crippen LogP contribution in [0, 0.1) is 0 Å². The highest BCUT2D eigenvalue weighted by atomic mass is 16.5. The molecule has 0 bridgehead atoms. The second-order valence-electron chi connectivity index (χ2n) is 30.2. The second-order valence-corrected chi connectivity index (χ2v) is 30.2. The van der Waals surface area contributed by atoms with Crippen LogP contribution < -0.4 is 28.4 Å². The molecule has 0 spiro atoms. The van der Waals surface area contributed by atoms with Gasteiger partial charge in [0.25, 0.3) is 0 Å². The first-order valence-electron chi connectivity index (χ1n) is 44.2. The molecule has 0 aliphatic heterocycles. The van der Waals surface area contributed by atoms with Crippen LogP contribution in [0.3, 0.4) is 0 Å². The second kappa shape index (κ2) is 68.2. The minimum atomic E-state index is 0.0628. The van der Waals surface area contributed by atoms with Crippen LogP contribution in [0.2, 0.25) is 0 Å². The van der Waals surface area contributed by atoms with Crippen molar-refractivity contribution in [2.45, 2.75) is 427 Å². The molecule has 3 aromatic carbocycles. The summed E-state index contributed by atoms with van der Waals surface area (Å²) >= 11 is 0. The van der Waals surface area contributed by atoms with Crippen LogP contribution >= 0.6 is 0 Å². The highest BCUT2D eigenvalue weighted by Crippen LogP contribution is 2.42. The minimum Gasteiger partial charge on any atom is -0.507 e. The van der Waals surface area contributed by atoms with Gasteiger partial charge in [-0.05, 0) is 50.7 Å². The Morgan fingerprint density at radius 1 is 0.206 bits per heavy atom. The van der Waals surface area contributed by atoms with E-state index in [0.29, 0.717) is 96.6 Å². The van der Waals surface area contributed by atoms with E-state index in [1.165, 1.54) is 308 Å². The van der Waals surface area contributed by atoms with Crippen molar-refractivity contribution in [1.29, 1.82) is 0 Å². The first kappa shape index (κ1) is 91.6. The number of hydrogen-bond acceptors (Lipinski definition) is 10. The van der Waals surface area contributed by atoms with Gasteiger partial charge in [-0.2, -0.15) is 0 Å². The van der Waals surface area contributed by atoms with Crippen LogP contribution in [0.5, 0.6) is 46.0 Å². The standard InChI is InChI=1S/C92H160N2O8/c1-7-13-19-25-31-37-43-49-55-61-67-97-87-73-81(85(95)77-91(87)101-71-65-59-53-47-41-35-29-23-17-11-5)79-93-83-75-89(99-69-63-57-51-45-39-33-27-21-15-9-3)90(100-70-64-58-52-46-40-34-28-22-16-10-4)76-84(83)94-80-82-74-88(98-68-62-56-50-44-38-32-26-20-14-8-2)92(78-86(82)96)102-72-66-60-54-48-42-36-30-24-18-12-6/h73-80,95-96H,7-72H2,1-6H3. The predicted molar refractivity (Wildman–Crippen MR) is 441 cm³/mol. The quantitative estimate of drug-likeness (QED) is 0.0424. The maximum absolute atomic E-state index is 11.9. The monoisotopic (exact) mass is 1420 g/mol. The molecule has 2 N–H and O–H groups in total. The van der Waals surface area contributed by atoms with Gasteiger partial charge < -0.3 is 38.6 Å². The Labute approximate surface area is 629 Å². The van der Waals surface area contributed by atoms with Gasteiger partial charge in [0, 0.05) is 47.8 Å². The van der Waals surface area contributed by atoms with Crippen LogP contribution in [0.4, 0.5) is 11.4 Å². The Bertz CT molecular complexity index is 2260. The van der Waals surface area contributed by atoms with Crippen LogP contribution in [0.15, 0.2) is 46.4 Å². The van der Waals surface area contributed by atoms with Crippen molar-refractivity contribution < 1.29 is 38.6 Å². The molecule has 10 nitrogen and oxygen atoms in total. The van der Waals surface area contributed by atoms with Gasteiger partial charge in [0.15, 0.2) is 34.5 Å². The fourth-order valence-electron chi connectivity index (χ4n) is 13.7. The third-order valence-corrected chi connectivity index (χ3v) is 20.4. The number of hydrogen-bond donors (Lipinski definition) is 2. The summed E-state index contributed by atoms with van der Waals surface area (Å²) in [5.74, 6) is 3.73. The van der Waals surface area contributed by atoms with Crippen molar-refractivity contribution in [1.82, 2.24) is 0 Å². The lowest BCUT2D eigenvalue weighted by Crippen LogP contribution is -2.04. The molecule has 0 radical (unpaired) electrons. The van der Waals surface area contributed by atoms with E-state index >= 15 is 0 Å². The topological polar surface area (TPSA) is 121 Å². The van der Waals surface area contributed by atoms with E-state index in [9.17, 15) is 10.2 Å². The highest BCUT2D eigenvalue weighted by molar-refractivity contribution is 5.91. The summed E-state index contributed by atoms with van der Waals surface area (Å²) in [7, 11) is 0. The van der Waals surface area contributed by atoms with Crippen molar-refractivity contribution >= 4 is 23.8 Å². The van der Waals surface area contributed by atoms with E-state index in [-0.39, 0.29) is 11.5 Å². The van der Waals surface area contributed by atoms with Crippen LogP contribution in [0.25, 0.3) is 0 Å². The first-order chi connectivity index (χ1) is 50.4. The van der Waals surface area contributed by atoms with Crippen molar-refractivity contribution in [3.05, 3.63) is 47.5 Å². The summed E-state index contributed by atoms with van der Waals surface area (Å²) < 4.78 is 39.6. The van der Waals surface area contributed by atoms with E-state index in [0.717, 1.165) is 77.0 Å². The number of phenols is 2. The van der Waals surface area contributed by atoms with Gasteiger partial charge in [0.2, 0.25) is 0 Å². The summed E-state index contributed by atoms with van der Waals surface area (Å²) in [4.78, 5) is 10.3. The smallest absolute Gasteiger partial charge is 0.164 e. The number of phenolic OH excluding ortho intramolecular Hbond substituents is 2. The molecule has 0 saturated carbocycles. The molecule has 10 heteroatoms. The molecule has 0 atom stereocenters. The fourth-order valence-corrected chi connectivity index (χ4v) is 13.7. The third kappa shape index (κ3) is 49.2. The number of nitrogens with zero attached hydrogens (tertiary/aromatic N) is 2. The lowest BCUT2D eigenvalue weighted by molar-refractivity contribution is 0.257. The summed E-state index contributed by atoms with van der Waals surface area (Å²) in [6.07, 6.45) is 78.3. The highest BCUT2D eigenvalue weighted by Gasteiger charge is 2.18. The predicted octanol–water partition coefficient (Wildman–Crippen LogP) is 30.4. The normalized spacial score (nSPS) is 11.7. The van der Waals surface area contributed by atoms with Crippen molar-refractivity contribution in [2.24, 2.45) is 9.98 Å². The zero-order valence-corrected chi connectivity index (χ0v) is 67.5. The Kier molecular flexibility index (Phi) is 61.3. The fraction of sp³-hybridized carbons (Fsp3) is 0.783. The van der Waals surface area contributed by atoms with Gasteiger partial charge in [-0.25, -0.2) is 0 Å². The SMILES string of the molecule is CCCCCCCCCCCCOc1cc(O)c(C=Nc2cc(OCCCCCCCCCCCC)c(OCCCCCCCCCCCC)cc2N=Cc2cc(OCCCCCCCCCCCC)c(OCCCCCCCCCCCC)cc2O)cc1OCCCCCCCCCCCC. The Balaban J connectivity index is 2.05. The van der Waals surface area contributed by atoms with Crippen molar-refractivity contribution in [2.75, 3.05) is 39.6 Å². The Morgan fingerprint density at radius 2 is 0.353 bits per heavy atom. The molecule has 0 amide bonds. The van der Waals surface area contributed by atoms with E-state index in [1.54, 1.807) is 24.6 Å². The minimum absolute atomic E-state index is 0.0628. The first-order valence-corrected chi connectivity index (χ1v) is 44.2. The van der Waals surface area contributed by atoms with Crippen LogP contribution in [-0.4, -0.2) is 62.3 Å². The molecular weight excluding hydrogens is 1260 g/mol. The van der Waals surface area contributed by atoms with Gasteiger partial charge in [-0.1, -0.05) is 388 Å². The number of unbranched alkanes of at least 4 members (excludes halogenated alkanes) is 54. The Hall–Kier alpha value is -4.60. The van der Waals surface area contributed by atoms with Crippen molar-refractivity contribution in [3.8, 4) is 46.0 Å². The number of rotatable bonds is 76. The lowest BCUT2D eigenvalue weighted by atomic mass is 10.1. The number of ether oxygens (including phenoxy) is 6. The molecule has 586 valence electrons. The zero-order chi connectivity index (χ0) is 72.9. The molecule has 0 unspecified atom stereocenters. The maximum Gasteiger partial charge on any atom is 0.164 e. The molecule has 102 heavy (non-hydrogen) atoms. The molecule has 0 aliphatic rings. The van der Waals surface area contributed by atoms with E-state index in [1.807, 2.05) is 24.3 Å². The molecule has 0 heterocycles. The molecule has 3 rings (SSSR count). The van der Waals surface area contributed by atoms with Gasteiger partial charge >= 0.3 is 0 Å². The largest absolute Gasteiger partial charge is 0.507 e. The lowest BCUT2D eigenvalue weighted by Gasteiger charge is -2.16. The number of benzene rings is 3. The average molecular weight is 1420 g/mol. The Morgan fingerprint density at radius 3 is 0.529 bits per heavy atom. The van der Waals surface area contributed by atoms with Gasteiger partial charge in [0.1, 0.15) is 11.5 Å². The average Bonchev–Trinajstić information content (AvgIpc) is 0.817. The van der Waals surface area contributed by atoms with Crippen LogP contribution in [-0.2, 0) is 0 Å². The summed E-state index contributed by atoms with van der Waals surface area (Å²) in [6, 6.07) is 11.1. The molecule has 0 aromatic heterocycles. The van der Waals surface area contributed by atoms with E-state index in [2.05, 4.69) is 41.5 Å². The maximum atomic E-state index is 11.9. The van der Waals surface area contributed by atoms with Gasteiger partial charge in [-0.15, -0.1) is 0 Å². The molecule has 3 aromatic rings. The molecular formula is C92H160N2O8. The number of aliphatic imine (C=N–C) groups is 2. The summed E-state index contributed by atoms with van der Waals surface area (Å²) in [6.45, 7) is 17.1. The van der Waals surface area contributed by atoms with E-state index < -0.39 is 0 Å². The number of aromatic hydroxyl groups is 2. The summed E-state index contributed by atoms with van der Waals surface area (Å²) in [5.41, 5.74) is 2.10. The van der Waals surface area contributed by atoms with Gasteiger partial charge in [0.05, 0.1) is 51.0 Å². The third-order valence-electron chi connectivity index (χ3n) is 20.4. The van der Waals surface area contributed by atoms with Crippen molar-refractivity contribution in [3.63, 3.8) is 0 Å². The van der Waals surface area contributed by atoms with Gasteiger partial charge in [-0.3, -0.25) is 9.98 Å². The molecule has 0 fully saturated rings. The van der Waals surface area contributed by atoms with Crippen LogP contribution in [0.1, 0.15) is 438 Å². The molecule has 0 saturated heterocycles.